The third-order valence-electron chi connectivity index (χ3n) is 3.29. The number of aliphatic hydroxyl groups excluding tert-OH is 1. The molecule has 0 saturated carbocycles. The van der Waals surface area contributed by atoms with E-state index in [2.05, 4.69) is 10.3 Å². The molecule has 0 aliphatic heterocycles. The van der Waals surface area contributed by atoms with Crippen LogP contribution in [0, 0.1) is 0 Å². The van der Waals surface area contributed by atoms with Gasteiger partial charge in [0, 0.05) is 12.1 Å². The molecule has 0 fully saturated rings. The van der Waals surface area contributed by atoms with Gasteiger partial charge in [-0.3, -0.25) is 4.79 Å². The van der Waals surface area contributed by atoms with Crippen LogP contribution in [0.3, 0.4) is 0 Å². The second-order valence-corrected chi connectivity index (χ2v) is 6.20. The number of benzene rings is 1. The molecule has 118 valence electrons. The molecule has 2 aromatic rings. The van der Waals surface area contributed by atoms with Crippen LogP contribution in [-0.4, -0.2) is 26.3 Å². The summed E-state index contributed by atoms with van der Waals surface area (Å²) in [6.07, 6.45) is 1.60. The standard InChI is InChI=1S/C15H18ClN3O2S/c1-10(12-5-3-4-6-13(12)16)18-14(21)9-22-15-17-7-11(8-20)19(15)2/h3-7,10,20H,8-9H2,1-2H3,(H,18,21). The number of carbonyl (C=O) groups is 1. The maximum Gasteiger partial charge on any atom is 0.230 e. The van der Waals surface area contributed by atoms with Crippen molar-refractivity contribution < 1.29 is 9.90 Å². The van der Waals surface area contributed by atoms with Crippen LogP contribution in [0.4, 0.5) is 0 Å². The molecule has 7 heteroatoms. The predicted molar refractivity (Wildman–Crippen MR) is 87.9 cm³/mol. The third kappa shape index (κ3) is 4.03. The van der Waals surface area contributed by atoms with Crippen LogP contribution in [-0.2, 0) is 18.4 Å². The van der Waals surface area contributed by atoms with Gasteiger partial charge >= 0.3 is 0 Å². The van der Waals surface area contributed by atoms with Crippen molar-refractivity contribution in [2.45, 2.75) is 24.7 Å². The van der Waals surface area contributed by atoms with Crippen molar-refractivity contribution in [1.82, 2.24) is 14.9 Å². The molecule has 1 aromatic heterocycles. The maximum absolute atomic E-state index is 12.0. The number of imidazole rings is 1. The minimum Gasteiger partial charge on any atom is -0.390 e. The van der Waals surface area contributed by atoms with E-state index in [1.54, 1.807) is 16.8 Å². The lowest BCUT2D eigenvalue weighted by Gasteiger charge is -2.15. The fourth-order valence-corrected chi connectivity index (χ4v) is 3.11. The van der Waals surface area contributed by atoms with Crippen LogP contribution in [0.2, 0.25) is 5.02 Å². The molecule has 5 nitrogen and oxygen atoms in total. The molecule has 0 saturated heterocycles. The number of rotatable bonds is 6. The summed E-state index contributed by atoms with van der Waals surface area (Å²) in [5.41, 5.74) is 1.61. The Morgan fingerprint density at radius 3 is 2.86 bits per heavy atom. The average molecular weight is 340 g/mol. The van der Waals surface area contributed by atoms with Gasteiger partial charge in [0.1, 0.15) is 0 Å². The number of halogens is 1. The molecule has 1 amide bonds. The Labute approximate surface area is 138 Å². The van der Waals surface area contributed by atoms with E-state index in [1.165, 1.54) is 11.8 Å². The largest absolute Gasteiger partial charge is 0.390 e. The van der Waals surface area contributed by atoms with Gasteiger partial charge in [-0.05, 0) is 18.6 Å². The first kappa shape index (κ1) is 16.9. The Balaban J connectivity index is 1.90. The Kier molecular flexibility index (Phi) is 5.88. The number of hydrogen-bond acceptors (Lipinski definition) is 4. The number of amides is 1. The highest BCUT2D eigenvalue weighted by molar-refractivity contribution is 7.99. The fourth-order valence-electron chi connectivity index (χ4n) is 2.02. The van der Waals surface area contributed by atoms with Gasteiger partial charge in [0.15, 0.2) is 5.16 Å². The van der Waals surface area contributed by atoms with E-state index in [4.69, 9.17) is 16.7 Å². The molecule has 1 heterocycles. The average Bonchev–Trinajstić information content (AvgIpc) is 2.85. The molecule has 0 bridgehead atoms. The predicted octanol–water partition coefficient (Wildman–Crippen LogP) is 2.54. The zero-order chi connectivity index (χ0) is 16.1. The van der Waals surface area contributed by atoms with E-state index >= 15 is 0 Å². The second-order valence-electron chi connectivity index (χ2n) is 4.85. The van der Waals surface area contributed by atoms with Crippen LogP contribution in [0.1, 0.15) is 24.2 Å². The smallest absolute Gasteiger partial charge is 0.230 e. The summed E-state index contributed by atoms with van der Waals surface area (Å²) >= 11 is 7.45. The number of aliphatic hydroxyl groups is 1. The highest BCUT2D eigenvalue weighted by atomic mass is 35.5. The number of thioether (sulfide) groups is 1. The summed E-state index contributed by atoms with van der Waals surface area (Å²) in [6.45, 7) is 1.83. The van der Waals surface area contributed by atoms with Gasteiger partial charge in [0.25, 0.3) is 0 Å². The quantitative estimate of drug-likeness (QED) is 0.794. The number of hydrogen-bond donors (Lipinski definition) is 2. The molecule has 0 spiro atoms. The summed E-state index contributed by atoms with van der Waals surface area (Å²) < 4.78 is 1.77. The Bertz CT molecular complexity index is 660. The van der Waals surface area contributed by atoms with Gasteiger partial charge in [-0.1, -0.05) is 41.6 Å². The third-order valence-corrected chi connectivity index (χ3v) is 4.67. The zero-order valence-corrected chi connectivity index (χ0v) is 14.0. The van der Waals surface area contributed by atoms with Crippen molar-refractivity contribution in [1.29, 1.82) is 0 Å². The lowest BCUT2D eigenvalue weighted by Crippen LogP contribution is -2.28. The van der Waals surface area contributed by atoms with Crippen molar-refractivity contribution >= 4 is 29.3 Å². The van der Waals surface area contributed by atoms with Gasteiger partial charge in [-0.15, -0.1) is 0 Å². The lowest BCUT2D eigenvalue weighted by atomic mass is 10.1. The summed E-state index contributed by atoms with van der Waals surface area (Å²) in [6, 6.07) is 7.29. The Hall–Kier alpha value is -1.50. The van der Waals surface area contributed by atoms with E-state index in [0.717, 1.165) is 5.56 Å². The molecule has 1 aromatic carbocycles. The summed E-state index contributed by atoms with van der Waals surface area (Å²) in [5.74, 6) is 0.163. The van der Waals surface area contributed by atoms with E-state index < -0.39 is 0 Å². The SMILES string of the molecule is CC(NC(=O)CSc1ncc(CO)n1C)c1ccccc1Cl. The van der Waals surface area contributed by atoms with Gasteiger partial charge < -0.3 is 15.0 Å². The lowest BCUT2D eigenvalue weighted by molar-refractivity contribution is -0.119. The number of nitrogens with zero attached hydrogens (tertiary/aromatic N) is 2. The second kappa shape index (κ2) is 7.67. The first-order valence-electron chi connectivity index (χ1n) is 6.81. The van der Waals surface area contributed by atoms with Crippen molar-refractivity contribution in [3.63, 3.8) is 0 Å². The van der Waals surface area contributed by atoms with Crippen molar-refractivity contribution in [2.75, 3.05) is 5.75 Å². The normalized spacial score (nSPS) is 12.2. The number of aromatic nitrogens is 2. The molecule has 2 N–H and O–H groups in total. The monoisotopic (exact) mass is 339 g/mol. The van der Waals surface area contributed by atoms with Crippen molar-refractivity contribution in [3.05, 3.63) is 46.7 Å². The molecule has 0 radical (unpaired) electrons. The summed E-state index contributed by atoms with van der Waals surface area (Å²) in [4.78, 5) is 16.2. The van der Waals surface area contributed by atoms with Gasteiger partial charge in [0.2, 0.25) is 5.91 Å². The van der Waals surface area contributed by atoms with Crippen LogP contribution in [0.15, 0.2) is 35.6 Å². The first-order valence-corrected chi connectivity index (χ1v) is 8.17. The summed E-state index contributed by atoms with van der Waals surface area (Å²) in [5, 5.41) is 13.4. The molecular formula is C15H18ClN3O2S. The maximum atomic E-state index is 12.0. The van der Waals surface area contributed by atoms with Crippen LogP contribution >= 0.6 is 23.4 Å². The van der Waals surface area contributed by atoms with Crippen molar-refractivity contribution in [3.8, 4) is 0 Å². The molecule has 2 rings (SSSR count). The van der Waals surface area contributed by atoms with E-state index in [-0.39, 0.29) is 24.3 Å². The van der Waals surface area contributed by atoms with Crippen LogP contribution in [0.25, 0.3) is 0 Å². The molecule has 22 heavy (non-hydrogen) atoms. The molecular weight excluding hydrogens is 322 g/mol. The fraction of sp³-hybridized carbons (Fsp3) is 0.333. The van der Waals surface area contributed by atoms with Gasteiger partial charge in [0.05, 0.1) is 30.3 Å². The van der Waals surface area contributed by atoms with Gasteiger partial charge in [-0.25, -0.2) is 4.98 Å². The summed E-state index contributed by atoms with van der Waals surface area (Å²) in [7, 11) is 1.81. The van der Waals surface area contributed by atoms with Crippen molar-refractivity contribution in [2.24, 2.45) is 7.05 Å². The Morgan fingerprint density at radius 2 is 2.23 bits per heavy atom. The molecule has 1 unspecified atom stereocenters. The minimum atomic E-state index is -0.156. The van der Waals surface area contributed by atoms with Crippen LogP contribution in [0.5, 0.6) is 0 Å². The highest BCUT2D eigenvalue weighted by Crippen LogP contribution is 2.22. The number of nitrogens with one attached hydrogen (secondary N) is 1. The molecule has 1 atom stereocenters. The van der Waals surface area contributed by atoms with Crippen LogP contribution < -0.4 is 5.32 Å². The van der Waals surface area contributed by atoms with Gasteiger partial charge in [-0.2, -0.15) is 0 Å². The Morgan fingerprint density at radius 1 is 1.50 bits per heavy atom. The van der Waals surface area contributed by atoms with E-state index in [0.29, 0.717) is 15.9 Å². The topological polar surface area (TPSA) is 67.2 Å². The highest BCUT2D eigenvalue weighted by Gasteiger charge is 2.14. The first-order chi connectivity index (χ1) is 10.5. The zero-order valence-electron chi connectivity index (χ0n) is 12.4. The number of carbonyl (C=O) groups excluding carboxylic acids is 1. The van der Waals surface area contributed by atoms with E-state index in [1.807, 2.05) is 32.2 Å². The molecule has 0 aliphatic carbocycles. The van der Waals surface area contributed by atoms with E-state index in [9.17, 15) is 4.79 Å². The molecule has 0 aliphatic rings. The minimum absolute atomic E-state index is 0.0696.